The standard InChI is InChI=1S/C26H27FN8O2/c27-19-8-6-17(7-9-19)16-34-12-2-1-5-24(34)35-23(31-32-33-35)4-3-13-37-20-10-11-21-18(14-20)15-22-25(28-21)30-26(36)29-22/h6-11,14-15,24H,1-5,12-13,16H2,(H2,28,29,30,36). The van der Waals surface area contributed by atoms with Crippen LogP contribution in [0.1, 0.15) is 43.2 Å². The van der Waals surface area contributed by atoms with E-state index in [1.807, 2.05) is 41.1 Å². The van der Waals surface area contributed by atoms with Crippen LogP contribution in [0.5, 0.6) is 5.75 Å². The predicted octanol–water partition coefficient (Wildman–Crippen LogP) is 3.73. The van der Waals surface area contributed by atoms with Crippen molar-refractivity contribution in [2.24, 2.45) is 0 Å². The molecule has 37 heavy (non-hydrogen) atoms. The van der Waals surface area contributed by atoms with Gasteiger partial charge in [0, 0.05) is 24.9 Å². The first-order chi connectivity index (χ1) is 18.1. The maximum Gasteiger partial charge on any atom is 0.325 e. The Morgan fingerprint density at radius 3 is 2.86 bits per heavy atom. The molecule has 1 unspecified atom stereocenters. The Kier molecular flexibility index (Phi) is 6.35. The number of piperidine rings is 1. The van der Waals surface area contributed by atoms with Gasteiger partial charge in [-0.1, -0.05) is 12.1 Å². The molecule has 2 N–H and O–H groups in total. The van der Waals surface area contributed by atoms with Crippen molar-refractivity contribution in [3.8, 4) is 5.75 Å². The summed E-state index contributed by atoms with van der Waals surface area (Å²) < 4.78 is 21.3. The lowest BCUT2D eigenvalue weighted by molar-refractivity contribution is 0.0733. The van der Waals surface area contributed by atoms with Gasteiger partial charge < -0.3 is 9.72 Å². The minimum Gasteiger partial charge on any atom is -0.494 e. The number of fused-ring (bicyclic) bond motifs is 2. The molecule has 3 aromatic heterocycles. The number of aromatic amines is 2. The molecule has 0 saturated carbocycles. The van der Waals surface area contributed by atoms with Gasteiger partial charge in [0.1, 0.15) is 17.7 Å². The van der Waals surface area contributed by atoms with Crippen LogP contribution in [0.4, 0.5) is 4.39 Å². The van der Waals surface area contributed by atoms with Gasteiger partial charge in [0.15, 0.2) is 11.5 Å². The van der Waals surface area contributed by atoms with E-state index in [9.17, 15) is 9.18 Å². The highest BCUT2D eigenvalue weighted by Crippen LogP contribution is 2.28. The first kappa shape index (κ1) is 23.3. The van der Waals surface area contributed by atoms with Crippen molar-refractivity contribution < 1.29 is 9.13 Å². The zero-order valence-corrected chi connectivity index (χ0v) is 20.2. The van der Waals surface area contributed by atoms with Crippen LogP contribution in [0.25, 0.3) is 22.1 Å². The monoisotopic (exact) mass is 502 g/mol. The van der Waals surface area contributed by atoms with Crippen molar-refractivity contribution in [2.75, 3.05) is 13.2 Å². The summed E-state index contributed by atoms with van der Waals surface area (Å²) in [6.07, 6.45) is 4.73. The third-order valence-electron chi connectivity index (χ3n) is 6.80. The third kappa shape index (κ3) is 5.08. The summed E-state index contributed by atoms with van der Waals surface area (Å²) >= 11 is 0. The van der Waals surface area contributed by atoms with E-state index in [0.717, 1.165) is 66.8 Å². The SMILES string of the molecule is O=c1[nH]c2cc3cc(OCCCc4nnnn4C4CCCCN4Cc4ccc(F)cc4)ccc3nc2[nH]1. The smallest absolute Gasteiger partial charge is 0.325 e. The Balaban J connectivity index is 1.09. The Morgan fingerprint density at radius 1 is 1.08 bits per heavy atom. The zero-order chi connectivity index (χ0) is 25.2. The van der Waals surface area contributed by atoms with Crippen LogP contribution in [0.15, 0.2) is 53.3 Å². The van der Waals surface area contributed by atoms with Gasteiger partial charge in [0.25, 0.3) is 0 Å². The van der Waals surface area contributed by atoms with Gasteiger partial charge in [0.05, 0.1) is 17.6 Å². The van der Waals surface area contributed by atoms with Crippen molar-refractivity contribution in [2.45, 2.75) is 44.8 Å². The number of hydrogen-bond acceptors (Lipinski definition) is 7. The molecular weight excluding hydrogens is 475 g/mol. The Labute approximate surface area is 211 Å². The van der Waals surface area contributed by atoms with Gasteiger partial charge in [-0.05, 0) is 78.1 Å². The van der Waals surface area contributed by atoms with Crippen LogP contribution in [0.2, 0.25) is 0 Å². The number of H-pyrrole nitrogens is 2. The molecule has 6 rings (SSSR count). The predicted molar refractivity (Wildman–Crippen MR) is 136 cm³/mol. The van der Waals surface area contributed by atoms with Crippen molar-refractivity contribution >= 4 is 22.1 Å². The summed E-state index contributed by atoms with van der Waals surface area (Å²) in [7, 11) is 0. The maximum atomic E-state index is 13.3. The molecule has 190 valence electrons. The van der Waals surface area contributed by atoms with Gasteiger partial charge in [0.2, 0.25) is 0 Å². The average molecular weight is 503 g/mol. The van der Waals surface area contributed by atoms with Crippen LogP contribution in [0, 0.1) is 5.82 Å². The van der Waals surface area contributed by atoms with Crippen LogP contribution >= 0.6 is 0 Å². The van der Waals surface area contributed by atoms with E-state index in [2.05, 4.69) is 35.4 Å². The highest BCUT2D eigenvalue weighted by molar-refractivity contribution is 5.89. The second kappa shape index (κ2) is 10.1. The molecule has 4 heterocycles. The number of aromatic nitrogens is 7. The van der Waals surface area contributed by atoms with Gasteiger partial charge in [-0.25, -0.2) is 18.9 Å². The third-order valence-corrected chi connectivity index (χ3v) is 6.80. The molecule has 2 aromatic carbocycles. The number of rotatable bonds is 8. The molecule has 0 bridgehead atoms. The van der Waals surface area contributed by atoms with Crippen LogP contribution in [-0.2, 0) is 13.0 Å². The van der Waals surface area contributed by atoms with E-state index < -0.39 is 0 Å². The maximum absolute atomic E-state index is 13.3. The van der Waals surface area contributed by atoms with Crippen molar-refractivity contribution in [1.29, 1.82) is 0 Å². The largest absolute Gasteiger partial charge is 0.494 e. The molecule has 1 aliphatic rings. The molecule has 1 fully saturated rings. The molecule has 11 heteroatoms. The van der Waals surface area contributed by atoms with Crippen LogP contribution in [0.3, 0.4) is 0 Å². The van der Waals surface area contributed by atoms with Crippen molar-refractivity contribution in [1.82, 2.24) is 40.1 Å². The molecule has 10 nitrogen and oxygen atoms in total. The number of tetrazole rings is 1. The summed E-state index contributed by atoms with van der Waals surface area (Å²) in [4.78, 5) is 23.8. The number of aryl methyl sites for hydroxylation is 1. The van der Waals surface area contributed by atoms with E-state index in [4.69, 9.17) is 4.74 Å². The summed E-state index contributed by atoms with van der Waals surface area (Å²) in [6.45, 7) is 2.19. The fraction of sp³-hybridized carbons (Fsp3) is 0.346. The fourth-order valence-corrected chi connectivity index (χ4v) is 4.98. The lowest BCUT2D eigenvalue weighted by atomic mass is 10.1. The average Bonchev–Trinajstić information content (AvgIpc) is 3.52. The van der Waals surface area contributed by atoms with E-state index in [0.29, 0.717) is 24.2 Å². The Hall–Kier alpha value is -4.12. The first-order valence-corrected chi connectivity index (χ1v) is 12.5. The van der Waals surface area contributed by atoms with E-state index in [1.165, 1.54) is 12.1 Å². The normalized spacial score (nSPS) is 16.5. The fourth-order valence-electron chi connectivity index (χ4n) is 4.98. The molecule has 1 saturated heterocycles. The number of hydrogen-bond donors (Lipinski definition) is 2. The lowest BCUT2D eigenvalue weighted by Crippen LogP contribution is -2.37. The van der Waals surface area contributed by atoms with Gasteiger partial charge in [-0.3, -0.25) is 9.88 Å². The van der Waals surface area contributed by atoms with Crippen molar-refractivity contribution in [3.63, 3.8) is 0 Å². The zero-order valence-electron chi connectivity index (χ0n) is 20.2. The minimum absolute atomic E-state index is 0.0782. The number of nitrogens with zero attached hydrogens (tertiary/aromatic N) is 6. The summed E-state index contributed by atoms with van der Waals surface area (Å²) in [5.74, 6) is 1.35. The number of ether oxygens (including phenoxy) is 1. The van der Waals surface area contributed by atoms with E-state index >= 15 is 0 Å². The number of nitrogens with one attached hydrogen (secondary N) is 2. The number of likely N-dealkylation sites (tertiary alicyclic amines) is 1. The molecule has 1 atom stereocenters. The minimum atomic E-state index is -0.275. The Morgan fingerprint density at radius 2 is 1.97 bits per heavy atom. The number of halogens is 1. The molecule has 0 spiro atoms. The van der Waals surface area contributed by atoms with E-state index in [1.54, 1.807) is 0 Å². The molecular formula is C26H27FN8O2. The van der Waals surface area contributed by atoms with E-state index in [-0.39, 0.29) is 17.7 Å². The molecule has 0 aliphatic carbocycles. The molecule has 5 aromatic rings. The topological polar surface area (TPSA) is 118 Å². The molecule has 0 radical (unpaired) electrons. The van der Waals surface area contributed by atoms with Crippen LogP contribution in [-0.4, -0.2) is 53.2 Å². The Bertz CT molecular complexity index is 1580. The highest BCUT2D eigenvalue weighted by atomic mass is 19.1. The first-order valence-electron chi connectivity index (χ1n) is 12.5. The molecule has 1 aliphatic heterocycles. The number of benzene rings is 2. The van der Waals surface area contributed by atoms with Gasteiger partial charge in [-0.15, -0.1) is 5.10 Å². The second-order valence-electron chi connectivity index (χ2n) is 9.38. The quantitative estimate of drug-likeness (QED) is 0.311. The summed E-state index contributed by atoms with van der Waals surface area (Å²) in [5, 5.41) is 13.5. The summed E-state index contributed by atoms with van der Waals surface area (Å²) in [5.41, 5.74) is 2.79. The lowest BCUT2D eigenvalue weighted by Gasteiger charge is -2.35. The van der Waals surface area contributed by atoms with Gasteiger partial charge >= 0.3 is 5.69 Å². The number of pyridine rings is 1. The van der Waals surface area contributed by atoms with Crippen LogP contribution < -0.4 is 10.4 Å². The number of imidazole rings is 1. The molecule has 0 amide bonds. The highest BCUT2D eigenvalue weighted by Gasteiger charge is 2.27. The second-order valence-corrected chi connectivity index (χ2v) is 9.38. The van der Waals surface area contributed by atoms with Gasteiger partial charge in [-0.2, -0.15) is 0 Å². The van der Waals surface area contributed by atoms with Crippen molar-refractivity contribution in [3.05, 3.63) is 76.2 Å². The summed E-state index contributed by atoms with van der Waals surface area (Å²) in [6, 6.07) is 14.3.